The lowest BCUT2D eigenvalue weighted by Crippen LogP contribution is -2.08. The predicted molar refractivity (Wildman–Crippen MR) is 72.9 cm³/mol. The highest BCUT2D eigenvalue weighted by atomic mass is 16.5. The second-order valence-corrected chi connectivity index (χ2v) is 4.94. The molecule has 1 atom stereocenters. The highest BCUT2D eigenvalue weighted by Crippen LogP contribution is 2.11. The molecule has 0 heterocycles. The second kappa shape index (κ2) is 13.0. The van der Waals surface area contributed by atoms with Crippen LogP contribution >= 0.6 is 0 Å². The minimum absolute atomic E-state index is 0.472. The van der Waals surface area contributed by atoms with Crippen molar-refractivity contribution in [2.45, 2.75) is 91.1 Å². The molecule has 1 heteroatoms. The Bertz CT molecular complexity index is 123. The highest BCUT2D eigenvalue weighted by molar-refractivity contribution is 4.52. The van der Waals surface area contributed by atoms with E-state index in [2.05, 4.69) is 20.8 Å². The van der Waals surface area contributed by atoms with Crippen molar-refractivity contribution in [3.63, 3.8) is 0 Å². The molecule has 0 saturated heterocycles. The van der Waals surface area contributed by atoms with Gasteiger partial charge >= 0.3 is 0 Å². The summed E-state index contributed by atoms with van der Waals surface area (Å²) in [6.45, 7) is 7.58. The molecule has 0 aromatic heterocycles. The molecule has 1 nitrogen and oxygen atoms in total. The largest absolute Gasteiger partial charge is 0.379 e. The monoisotopic (exact) mass is 228 g/mol. The third kappa shape index (κ3) is 12.0. The van der Waals surface area contributed by atoms with Crippen molar-refractivity contribution < 1.29 is 4.74 Å². The number of rotatable bonds is 12. The fourth-order valence-electron chi connectivity index (χ4n) is 1.97. The van der Waals surface area contributed by atoms with E-state index in [1.54, 1.807) is 0 Å². The Morgan fingerprint density at radius 2 is 1.31 bits per heavy atom. The van der Waals surface area contributed by atoms with Gasteiger partial charge in [-0.1, -0.05) is 65.2 Å². The van der Waals surface area contributed by atoms with E-state index in [0.717, 1.165) is 13.0 Å². The van der Waals surface area contributed by atoms with Gasteiger partial charge < -0.3 is 4.74 Å². The quantitative estimate of drug-likeness (QED) is 0.410. The van der Waals surface area contributed by atoms with E-state index >= 15 is 0 Å². The van der Waals surface area contributed by atoms with Crippen molar-refractivity contribution in [3.8, 4) is 0 Å². The molecule has 0 saturated carbocycles. The van der Waals surface area contributed by atoms with Gasteiger partial charge in [0.25, 0.3) is 0 Å². The van der Waals surface area contributed by atoms with E-state index < -0.39 is 0 Å². The molecule has 0 aromatic carbocycles. The van der Waals surface area contributed by atoms with E-state index in [0.29, 0.717) is 6.10 Å². The molecule has 0 aromatic rings. The van der Waals surface area contributed by atoms with Crippen LogP contribution < -0.4 is 0 Å². The summed E-state index contributed by atoms with van der Waals surface area (Å²) in [5.41, 5.74) is 0. The first-order valence-electron chi connectivity index (χ1n) is 7.42. The molecule has 1 unspecified atom stereocenters. The summed E-state index contributed by atoms with van der Waals surface area (Å²) >= 11 is 0. The van der Waals surface area contributed by atoms with Gasteiger partial charge in [0.1, 0.15) is 0 Å². The number of ether oxygens (including phenoxy) is 1. The zero-order valence-electron chi connectivity index (χ0n) is 11.8. The average molecular weight is 228 g/mol. The molecule has 98 valence electrons. The van der Waals surface area contributed by atoms with Crippen LogP contribution in [0, 0.1) is 0 Å². The van der Waals surface area contributed by atoms with E-state index in [1.165, 1.54) is 57.8 Å². The maximum Gasteiger partial charge on any atom is 0.0547 e. The first-order valence-corrected chi connectivity index (χ1v) is 7.42. The minimum Gasteiger partial charge on any atom is -0.379 e. The molecule has 0 N–H and O–H groups in total. The smallest absolute Gasteiger partial charge is 0.0547 e. The van der Waals surface area contributed by atoms with Crippen LogP contribution in [0.3, 0.4) is 0 Å². The fourth-order valence-corrected chi connectivity index (χ4v) is 1.97. The van der Waals surface area contributed by atoms with E-state index in [1.807, 2.05) is 0 Å². The third-order valence-corrected chi connectivity index (χ3v) is 3.07. The van der Waals surface area contributed by atoms with Crippen LogP contribution in [0.1, 0.15) is 85.0 Å². The Labute approximate surface area is 103 Å². The van der Waals surface area contributed by atoms with Gasteiger partial charge in [0.15, 0.2) is 0 Å². The second-order valence-electron chi connectivity index (χ2n) is 4.94. The molecule has 0 bridgehead atoms. The molecule has 0 aliphatic heterocycles. The summed E-state index contributed by atoms with van der Waals surface area (Å²) in [5.74, 6) is 0. The minimum atomic E-state index is 0.472. The van der Waals surface area contributed by atoms with Crippen LogP contribution in [0.25, 0.3) is 0 Å². The van der Waals surface area contributed by atoms with Crippen molar-refractivity contribution >= 4 is 0 Å². The van der Waals surface area contributed by atoms with Gasteiger partial charge in [-0.05, 0) is 19.8 Å². The first kappa shape index (κ1) is 16.0. The van der Waals surface area contributed by atoms with E-state index in [-0.39, 0.29) is 0 Å². The lowest BCUT2D eigenvalue weighted by molar-refractivity contribution is 0.0589. The van der Waals surface area contributed by atoms with Gasteiger partial charge in [0.05, 0.1) is 6.10 Å². The molecule has 16 heavy (non-hydrogen) atoms. The number of hydrogen-bond donors (Lipinski definition) is 0. The molecular weight excluding hydrogens is 196 g/mol. The SMILES string of the molecule is CCCCCCCCCCC(C)OCCC. The maximum absolute atomic E-state index is 5.65. The standard InChI is InChI=1S/C15H32O/c1-4-6-7-8-9-10-11-12-13-15(3)16-14-5-2/h15H,4-14H2,1-3H3. The molecular formula is C15H32O. The summed E-state index contributed by atoms with van der Waals surface area (Å²) < 4.78 is 5.65. The first-order chi connectivity index (χ1) is 7.81. The van der Waals surface area contributed by atoms with Crippen LogP contribution in [-0.2, 0) is 4.74 Å². The lowest BCUT2D eigenvalue weighted by Gasteiger charge is -2.11. The number of hydrogen-bond acceptors (Lipinski definition) is 1. The van der Waals surface area contributed by atoms with Crippen LogP contribution in [0.5, 0.6) is 0 Å². The molecule has 0 radical (unpaired) electrons. The molecule has 0 aliphatic carbocycles. The van der Waals surface area contributed by atoms with Gasteiger partial charge in [0, 0.05) is 6.61 Å². The van der Waals surface area contributed by atoms with Crippen LogP contribution in [-0.4, -0.2) is 12.7 Å². The third-order valence-electron chi connectivity index (χ3n) is 3.07. The van der Waals surface area contributed by atoms with Gasteiger partial charge in [0.2, 0.25) is 0 Å². The van der Waals surface area contributed by atoms with Crippen LogP contribution in [0.4, 0.5) is 0 Å². The number of unbranched alkanes of at least 4 members (excludes halogenated alkanes) is 7. The lowest BCUT2D eigenvalue weighted by atomic mass is 10.1. The van der Waals surface area contributed by atoms with Crippen LogP contribution in [0.15, 0.2) is 0 Å². The van der Waals surface area contributed by atoms with Crippen molar-refractivity contribution in [2.75, 3.05) is 6.61 Å². The Morgan fingerprint density at radius 3 is 1.88 bits per heavy atom. The molecule has 0 fully saturated rings. The summed E-state index contributed by atoms with van der Waals surface area (Å²) in [7, 11) is 0. The predicted octanol–water partition coefficient (Wildman–Crippen LogP) is 5.33. The normalized spacial score (nSPS) is 12.9. The molecule has 0 spiro atoms. The van der Waals surface area contributed by atoms with Crippen molar-refractivity contribution in [2.24, 2.45) is 0 Å². The summed E-state index contributed by atoms with van der Waals surface area (Å²) in [5, 5.41) is 0. The molecule has 0 rings (SSSR count). The van der Waals surface area contributed by atoms with Crippen LogP contribution in [0.2, 0.25) is 0 Å². The van der Waals surface area contributed by atoms with Crippen molar-refractivity contribution in [1.29, 1.82) is 0 Å². The van der Waals surface area contributed by atoms with Gasteiger partial charge in [-0.15, -0.1) is 0 Å². The fraction of sp³-hybridized carbons (Fsp3) is 1.00. The summed E-state index contributed by atoms with van der Waals surface area (Å²) in [6.07, 6.45) is 14.1. The summed E-state index contributed by atoms with van der Waals surface area (Å²) in [6, 6.07) is 0. The Kier molecular flexibility index (Phi) is 13.0. The van der Waals surface area contributed by atoms with Gasteiger partial charge in [-0.3, -0.25) is 0 Å². The van der Waals surface area contributed by atoms with E-state index in [9.17, 15) is 0 Å². The van der Waals surface area contributed by atoms with Gasteiger partial charge in [-0.25, -0.2) is 0 Å². The highest BCUT2D eigenvalue weighted by Gasteiger charge is 2.00. The zero-order valence-corrected chi connectivity index (χ0v) is 11.8. The Balaban J connectivity index is 3.02. The average Bonchev–Trinajstić information content (AvgIpc) is 2.30. The van der Waals surface area contributed by atoms with Crippen molar-refractivity contribution in [1.82, 2.24) is 0 Å². The van der Waals surface area contributed by atoms with Crippen molar-refractivity contribution in [3.05, 3.63) is 0 Å². The Hall–Kier alpha value is -0.0400. The topological polar surface area (TPSA) is 9.23 Å². The Morgan fingerprint density at radius 1 is 0.750 bits per heavy atom. The zero-order chi connectivity index (χ0) is 12.1. The molecule has 0 aliphatic rings. The summed E-state index contributed by atoms with van der Waals surface area (Å²) in [4.78, 5) is 0. The maximum atomic E-state index is 5.65. The van der Waals surface area contributed by atoms with Gasteiger partial charge in [-0.2, -0.15) is 0 Å². The molecule has 0 amide bonds. The van der Waals surface area contributed by atoms with E-state index in [4.69, 9.17) is 4.74 Å².